The van der Waals surface area contributed by atoms with Crippen molar-refractivity contribution in [1.82, 2.24) is 5.01 Å². The van der Waals surface area contributed by atoms with Crippen LogP contribution < -0.4 is 5.32 Å². The molecule has 0 unspecified atom stereocenters. The van der Waals surface area contributed by atoms with Gasteiger partial charge in [-0.2, -0.15) is 5.10 Å². The van der Waals surface area contributed by atoms with Crippen LogP contribution in [0, 0.1) is 0 Å². The summed E-state index contributed by atoms with van der Waals surface area (Å²) in [6.45, 7) is 0. The molecule has 2 aromatic carbocycles. The molecule has 4 rings (SSSR count). The quantitative estimate of drug-likeness (QED) is 0.842. The number of phenols is 1. The molecule has 0 fully saturated rings. The minimum Gasteiger partial charge on any atom is -0.507 e. The minimum absolute atomic E-state index is 0.111. The third kappa shape index (κ3) is 1.78. The van der Waals surface area contributed by atoms with Gasteiger partial charge in [0.2, 0.25) is 0 Å². The Morgan fingerprint density at radius 3 is 2.62 bits per heavy atom. The summed E-state index contributed by atoms with van der Waals surface area (Å²) < 4.78 is 0. The molecular formula is C16H13N3O2. The Kier molecular flexibility index (Phi) is 2.47. The maximum Gasteiger partial charge on any atom is 0.278 e. The van der Waals surface area contributed by atoms with E-state index < -0.39 is 0 Å². The Labute approximate surface area is 121 Å². The first-order chi connectivity index (χ1) is 10.2. The topological polar surface area (TPSA) is 64.9 Å². The van der Waals surface area contributed by atoms with Gasteiger partial charge in [-0.1, -0.05) is 24.3 Å². The SMILES string of the molecule is O=C1c2ccccc2N[C@@H]2CC(c3ccccc3O)=NN12. The van der Waals surface area contributed by atoms with E-state index in [1.54, 1.807) is 18.2 Å². The second kappa shape index (κ2) is 4.34. The predicted octanol–water partition coefficient (Wildman–Crippen LogP) is 2.39. The Morgan fingerprint density at radius 2 is 1.81 bits per heavy atom. The summed E-state index contributed by atoms with van der Waals surface area (Å²) >= 11 is 0. The van der Waals surface area contributed by atoms with E-state index in [2.05, 4.69) is 10.4 Å². The van der Waals surface area contributed by atoms with Crippen molar-refractivity contribution < 1.29 is 9.90 Å². The van der Waals surface area contributed by atoms with Gasteiger partial charge >= 0.3 is 0 Å². The zero-order valence-electron chi connectivity index (χ0n) is 11.2. The molecule has 2 heterocycles. The Bertz CT molecular complexity index is 770. The summed E-state index contributed by atoms with van der Waals surface area (Å²) in [5.41, 5.74) is 2.84. The van der Waals surface area contributed by atoms with Gasteiger partial charge in [-0.25, -0.2) is 5.01 Å². The van der Waals surface area contributed by atoms with Crippen LogP contribution in [0.25, 0.3) is 0 Å². The van der Waals surface area contributed by atoms with Crippen LogP contribution in [0.3, 0.4) is 0 Å². The summed E-state index contributed by atoms with van der Waals surface area (Å²) in [6, 6.07) is 14.5. The van der Waals surface area contributed by atoms with Crippen LogP contribution in [0.1, 0.15) is 22.3 Å². The fraction of sp³-hybridized carbons (Fsp3) is 0.125. The zero-order chi connectivity index (χ0) is 14.4. The van der Waals surface area contributed by atoms with E-state index in [-0.39, 0.29) is 17.8 Å². The molecule has 2 N–H and O–H groups in total. The highest BCUT2D eigenvalue weighted by molar-refractivity contribution is 6.09. The molecule has 5 nitrogen and oxygen atoms in total. The van der Waals surface area contributed by atoms with E-state index in [1.165, 1.54) is 5.01 Å². The largest absolute Gasteiger partial charge is 0.507 e. The first-order valence-corrected chi connectivity index (χ1v) is 6.79. The lowest BCUT2D eigenvalue weighted by Gasteiger charge is -2.29. The summed E-state index contributed by atoms with van der Waals surface area (Å²) in [5.74, 6) is 0.0702. The number of fused-ring (bicyclic) bond motifs is 2. The normalized spacial score (nSPS) is 19.6. The number of aromatic hydroxyl groups is 1. The Morgan fingerprint density at radius 1 is 1.10 bits per heavy atom. The molecule has 0 bridgehead atoms. The second-order valence-electron chi connectivity index (χ2n) is 5.12. The van der Waals surface area contributed by atoms with E-state index in [0.717, 1.165) is 5.69 Å². The van der Waals surface area contributed by atoms with E-state index >= 15 is 0 Å². The molecule has 0 aliphatic carbocycles. The summed E-state index contributed by atoms with van der Waals surface area (Å²) in [6.07, 6.45) is 0.375. The number of nitrogens with zero attached hydrogens (tertiary/aromatic N) is 2. The molecule has 5 heteroatoms. The van der Waals surface area contributed by atoms with E-state index in [1.807, 2.05) is 30.3 Å². The molecule has 0 spiro atoms. The number of carbonyl (C=O) groups is 1. The molecule has 2 aliphatic heterocycles. The molecule has 1 amide bonds. The molecule has 0 saturated carbocycles. The lowest BCUT2D eigenvalue weighted by molar-refractivity contribution is 0.0718. The van der Waals surface area contributed by atoms with E-state index in [0.29, 0.717) is 23.3 Å². The summed E-state index contributed by atoms with van der Waals surface area (Å²) in [4.78, 5) is 12.5. The molecular weight excluding hydrogens is 266 g/mol. The van der Waals surface area contributed by atoms with Gasteiger partial charge in [0.1, 0.15) is 11.9 Å². The average molecular weight is 279 g/mol. The van der Waals surface area contributed by atoms with E-state index in [4.69, 9.17) is 0 Å². The number of phenolic OH excluding ortho intramolecular Hbond substituents is 1. The highest BCUT2D eigenvalue weighted by Gasteiger charge is 2.37. The van der Waals surface area contributed by atoms with Crippen molar-refractivity contribution in [3.05, 3.63) is 59.7 Å². The standard InChI is InChI=1S/C16H13N3O2/c20-14-8-4-2-5-10(14)13-9-15-17-12-7-3-1-6-11(12)16(21)19(15)18-13/h1-8,15,17,20H,9H2/t15-/m0/s1. The number of para-hydroxylation sites is 2. The fourth-order valence-corrected chi connectivity index (χ4v) is 2.79. The number of carbonyl (C=O) groups excluding carboxylic acids is 1. The van der Waals surface area contributed by atoms with Crippen LogP contribution in [0.15, 0.2) is 53.6 Å². The van der Waals surface area contributed by atoms with Crippen LogP contribution >= 0.6 is 0 Å². The van der Waals surface area contributed by atoms with Crippen LogP contribution in [0.2, 0.25) is 0 Å². The number of hydrogen-bond acceptors (Lipinski definition) is 4. The first kappa shape index (κ1) is 12.0. The highest BCUT2D eigenvalue weighted by atomic mass is 16.3. The number of hydrogen-bond donors (Lipinski definition) is 2. The molecule has 104 valence electrons. The maximum absolute atomic E-state index is 12.5. The van der Waals surface area contributed by atoms with Crippen molar-refractivity contribution in [2.24, 2.45) is 5.10 Å². The lowest BCUT2D eigenvalue weighted by atomic mass is 10.0. The predicted molar refractivity (Wildman–Crippen MR) is 79.3 cm³/mol. The molecule has 2 aliphatic rings. The molecule has 0 radical (unpaired) electrons. The zero-order valence-corrected chi connectivity index (χ0v) is 11.2. The number of anilines is 1. The van der Waals surface area contributed by atoms with Gasteiger partial charge in [-0.15, -0.1) is 0 Å². The maximum atomic E-state index is 12.5. The van der Waals surface area contributed by atoms with Crippen molar-refractivity contribution in [3.63, 3.8) is 0 Å². The number of hydrazone groups is 1. The van der Waals surface area contributed by atoms with E-state index in [9.17, 15) is 9.90 Å². The summed E-state index contributed by atoms with van der Waals surface area (Å²) in [7, 11) is 0. The van der Waals surface area contributed by atoms with Crippen LogP contribution in [0.5, 0.6) is 5.75 Å². The van der Waals surface area contributed by atoms with Gasteiger partial charge in [0.25, 0.3) is 5.91 Å². The summed E-state index contributed by atoms with van der Waals surface area (Å²) in [5, 5.41) is 19.1. The van der Waals surface area contributed by atoms with Crippen molar-refractivity contribution in [2.75, 3.05) is 5.32 Å². The molecule has 1 atom stereocenters. The van der Waals surface area contributed by atoms with Gasteiger partial charge < -0.3 is 10.4 Å². The molecule has 0 aromatic heterocycles. The molecule has 21 heavy (non-hydrogen) atoms. The van der Waals surface area contributed by atoms with Crippen LogP contribution in [-0.4, -0.2) is 27.9 Å². The number of benzene rings is 2. The van der Waals surface area contributed by atoms with Crippen molar-refractivity contribution in [3.8, 4) is 5.75 Å². The third-order valence-electron chi connectivity index (χ3n) is 3.81. The van der Waals surface area contributed by atoms with Gasteiger partial charge in [0.15, 0.2) is 0 Å². The van der Waals surface area contributed by atoms with Crippen LogP contribution in [-0.2, 0) is 0 Å². The van der Waals surface area contributed by atoms with Gasteiger partial charge in [-0.3, -0.25) is 4.79 Å². The first-order valence-electron chi connectivity index (χ1n) is 6.79. The Balaban J connectivity index is 1.73. The van der Waals surface area contributed by atoms with Gasteiger partial charge in [-0.05, 0) is 24.3 Å². The lowest BCUT2D eigenvalue weighted by Crippen LogP contribution is -2.42. The smallest absolute Gasteiger partial charge is 0.278 e. The Hall–Kier alpha value is -2.82. The minimum atomic E-state index is -0.193. The third-order valence-corrected chi connectivity index (χ3v) is 3.81. The number of rotatable bonds is 1. The number of nitrogens with one attached hydrogen (secondary N) is 1. The number of amides is 1. The van der Waals surface area contributed by atoms with Crippen LogP contribution in [0.4, 0.5) is 5.69 Å². The fourth-order valence-electron chi connectivity index (χ4n) is 2.79. The van der Waals surface area contributed by atoms with Crippen molar-refractivity contribution in [2.45, 2.75) is 12.6 Å². The van der Waals surface area contributed by atoms with Crippen molar-refractivity contribution >= 4 is 17.3 Å². The molecule has 2 aromatic rings. The van der Waals surface area contributed by atoms with Crippen molar-refractivity contribution in [1.29, 1.82) is 0 Å². The highest BCUT2D eigenvalue weighted by Crippen LogP contribution is 2.32. The molecule has 0 saturated heterocycles. The van der Waals surface area contributed by atoms with Gasteiger partial charge in [0, 0.05) is 17.7 Å². The van der Waals surface area contributed by atoms with Gasteiger partial charge in [0.05, 0.1) is 11.3 Å². The second-order valence-corrected chi connectivity index (χ2v) is 5.12. The monoisotopic (exact) mass is 279 g/mol. The average Bonchev–Trinajstić information content (AvgIpc) is 2.92.